The number of hydrogen-bond acceptors (Lipinski definition) is 4. The van der Waals surface area contributed by atoms with Gasteiger partial charge in [-0.2, -0.15) is 0 Å². The van der Waals surface area contributed by atoms with Crippen molar-refractivity contribution in [2.24, 2.45) is 0 Å². The number of carbonyl (C=O) groups is 1. The maximum atomic E-state index is 10.6. The Morgan fingerprint density at radius 3 is 2.65 bits per heavy atom. The van der Waals surface area contributed by atoms with Gasteiger partial charge < -0.3 is 9.84 Å². The predicted octanol–water partition coefficient (Wildman–Crippen LogP) is 5.25. The van der Waals surface area contributed by atoms with Crippen LogP contribution in [0.5, 0.6) is 5.75 Å². The zero-order valence-corrected chi connectivity index (χ0v) is 16.1. The van der Waals surface area contributed by atoms with E-state index >= 15 is 0 Å². The molecule has 0 amide bonds. The molecule has 138 valence electrons. The number of hydrogen-bond donors (Lipinski definition) is 1. The molecule has 0 bridgehead atoms. The van der Waals surface area contributed by atoms with Gasteiger partial charge in [0.1, 0.15) is 10.8 Å². The minimum absolute atomic E-state index is 0.133. The van der Waals surface area contributed by atoms with Crippen molar-refractivity contribution in [1.82, 2.24) is 4.98 Å². The van der Waals surface area contributed by atoms with Crippen molar-refractivity contribution >= 4 is 17.7 Å². The summed E-state index contributed by atoms with van der Waals surface area (Å²) >= 11 is 1.89. The summed E-state index contributed by atoms with van der Waals surface area (Å²) in [5.74, 6) is 0.0710. The minimum Gasteiger partial charge on any atom is -0.493 e. The number of aliphatic carboxylic acids is 1. The van der Waals surface area contributed by atoms with E-state index in [9.17, 15) is 4.79 Å². The van der Waals surface area contributed by atoms with Gasteiger partial charge in [0.25, 0.3) is 0 Å². The van der Waals surface area contributed by atoms with E-state index in [0.29, 0.717) is 18.3 Å². The zero-order valence-electron chi connectivity index (χ0n) is 15.3. The van der Waals surface area contributed by atoms with Crippen molar-refractivity contribution in [1.29, 1.82) is 0 Å². The van der Waals surface area contributed by atoms with Gasteiger partial charge in [-0.15, -0.1) is 11.8 Å². The van der Waals surface area contributed by atoms with E-state index in [1.165, 1.54) is 24.8 Å². The second-order valence-electron chi connectivity index (χ2n) is 6.81. The average Bonchev–Trinajstić information content (AvgIpc) is 2.56. The van der Waals surface area contributed by atoms with Crippen LogP contribution >= 0.6 is 11.8 Å². The Labute approximate surface area is 159 Å². The summed E-state index contributed by atoms with van der Waals surface area (Å²) in [5, 5.41) is 10.5. The van der Waals surface area contributed by atoms with Crippen molar-refractivity contribution in [2.45, 2.75) is 56.2 Å². The number of aryl methyl sites for hydroxylation is 2. The van der Waals surface area contributed by atoms with Gasteiger partial charge in [-0.3, -0.25) is 4.79 Å². The Hall–Kier alpha value is -2.01. The molecule has 1 aromatic heterocycles. The number of thioether (sulfide) groups is 1. The highest BCUT2D eigenvalue weighted by Crippen LogP contribution is 2.40. The molecule has 1 N–H and O–H groups in total. The number of rotatable bonds is 8. The maximum Gasteiger partial charge on any atom is 0.303 e. The number of nitrogens with zero attached hydrogens (tertiary/aromatic N) is 1. The van der Waals surface area contributed by atoms with Gasteiger partial charge in [-0.05, 0) is 68.0 Å². The number of carboxylic acid groups (broad SMARTS) is 1. The van der Waals surface area contributed by atoms with Gasteiger partial charge >= 0.3 is 5.97 Å². The number of pyridine rings is 1. The summed E-state index contributed by atoms with van der Waals surface area (Å²) in [7, 11) is 0. The maximum absolute atomic E-state index is 10.6. The Kier molecular flexibility index (Phi) is 6.20. The monoisotopic (exact) mass is 371 g/mol. The summed E-state index contributed by atoms with van der Waals surface area (Å²) in [6.45, 7) is 4.50. The molecule has 1 saturated carbocycles. The molecule has 0 atom stereocenters. The van der Waals surface area contributed by atoms with Gasteiger partial charge in [0.2, 0.25) is 0 Å². The number of benzene rings is 1. The molecule has 0 aliphatic heterocycles. The predicted molar refractivity (Wildman–Crippen MR) is 105 cm³/mol. The highest BCUT2D eigenvalue weighted by molar-refractivity contribution is 8.00. The van der Waals surface area contributed by atoms with Crippen LogP contribution < -0.4 is 4.74 Å². The Morgan fingerprint density at radius 2 is 2.04 bits per heavy atom. The first-order valence-corrected chi connectivity index (χ1v) is 10.0. The van der Waals surface area contributed by atoms with E-state index in [-0.39, 0.29) is 6.42 Å². The number of carboxylic acids is 1. The Balaban J connectivity index is 1.78. The van der Waals surface area contributed by atoms with E-state index in [2.05, 4.69) is 23.2 Å². The van der Waals surface area contributed by atoms with Gasteiger partial charge in [0.15, 0.2) is 0 Å². The standard InChI is InChI=1S/C21H25NO3S/c1-14-12-16(13-15(2)20(14)25-11-5-9-19(23)24)18-8-4-10-22-21(18)26-17-6-3-7-17/h4,8,10,12-13,17H,3,5-7,9,11H2,1-2H3,(H,23,24). The molecule has 0 unspecified atom stereocenters. The second-order valence-corrected chi connectivity index (χ2v) is 8.10. The van der Waals surface area contributed by atoms with Gasteiger partial charge in [0, 0.05) is 23.4 Å². The first-order chi connectivity index (χ1) is 12.5. The second kappa shape index (κ2) is 8.58. The first kappa shape index (κ1) is 18.8. The zero-order chi connectivity index (χ0) is 18.5. The normalized spacial score (nSPS) is 14.1. The highest BCUT2D eigenvalue weighted by atomic mass is 32.2. The molecule has 0 radical (unpaired) electrons. The summed E-state index contributed by atoms with van der Waals surface area (Å²) in [4.78, 5) is 15.2. The average molecular weight is 372 g/mol. The van der Waals surface area contributed by atoms with Crippen LogP contribution in [-0.4, -0.2) is 27.9 Å². The van der Waals surface area contributed by atoms with Crippen LogP contribution in [0.3, 0.4) is 0 Å². The van der Waals surface area contributed by atoms with Crippen LogP contribution in [0.15, 0.2) is 35.5 Å². The number of aromatic nitrogens is 1. The molecule has 4 nitrogen and oxygen atoms in total. The molecule has 1 aromatic carbocycles. The largest absolute Gasteiger partial charge is 0.493 e. The van der Waals surface area contributed by atoms with Crippen LogP contribution in [0.1, 0.15) is 43.2 Å². The molecule has 26 heavy (non-hydrogen) atoms. The van der Waals surface area contributed by atoms with Gasteiger partial charge in [0.05, 0.1) is 6.61 Å². The molecular formula is C21H25NO3S. The molecule has 2 aromatic rings. The number of ether oxygens (including phenoxy) is 1. The fraction of sp³-hybridized carbons (Fsp3) is 0.429. The van der Waals surface area contributed by atoms with Gasteiger partial charge in [-0.1, -0.05) is 12.5 Å². The topological polar surface area (TPSA) is 59.4 Å². The van der Waals surface area contributed by atoms with Crippen LogP contribution in [-0.2, 0) is 4.79 Å². The quantitative estimate of drug-likeness (QED) is 0.642. The van der Waals surface area contributed by atoms with Crippen molar-refractivity contribution in [3.63, 3.8) is 0 Å². The van der Waals surface area contributed by atoms with E-state index < -0.39 is 5.97 Å². The smallest absolute Gasteiger partial charge is 0.303 e. The fourth-order valence-electron chi connectivity index (χ4n) is 3.08. The third-order valence-electron chi connectivity index (χ3n) is 4.65. The van der Waals surface area contributed by atoms with E-state index in [1.54, 1.807) is 0 Å². The third-order valence-corrected chi connectivity index (χ3v) is 6.01. The lowest BCUT2D eigenvalue weighted by Crippen LogP contribution is -2.13. The van der Waals surface area contributed by atoms with Crippen molar-refractivity contribution < 1.29 is 14.6 Å². The third kappa shape index (κ3) is 4.58. The van der Waals surface area contributed by atoms with E-state index in [1.807, 2.05) is 37.9 Å². The molecule has 3 rings (SSSR count). The summed E-state index contributed by atoms with van der Waals surface area (Å²) < 4.78 is 5.85. The van der Waals surface area contributed by atoms with Crippen LogP contribution in [0, 0.1) is 13.8 Å². The van der Waals surface area contributed by atoms with Crippen molar-refractivity contribution in [3.8, 4) is 16.9 Å². The summed E-state index contributed by atoms with van der Waals surface area (Å²) in [6, 6.07) is 8.40. The molecule has 1 heterocycles. The van der Waals surface area contributed by atoms with Crippen LogP contribution in [0.2, 0.25) is 0 Å². The Bertz CT molecular complexity index is 764. The Morgan fingerprint density at radius 1 is 1.31 bits per heavy atom. The molecule has 5 heteroatoms. The molecule has 0 spiro atoms. The van der Waals surface area contributed by atoms with Gasteiger partial charge in [-0.25, -0.2) is 4.98 Å². The minimum atomic E-state index is -0.787. The molecule has 1 aliphatic rings. The van der Waals surface area contributed by atoms with Crippen molar-refractivity contribution in [2.75, 3.05) is 6.61 Å². The van der Waals surface area contributed by atoms with Crippen LogP contribution in [0.25, 0.3) is 11.1 Å². The highest BCUT2D eigenvalue weighted by Gasteiger charge is 2.21. The lowest BCUT2D eigenvalue weighted by molar-refractivity contribution is -0.137. The summed E-state index contributed by atoms with van der Waals surface area (Å²) in [6.07, 6.45) is 6.40. The fourth-order valence-corrected chi connectivity index (χ4v) is 4.40. The lowest BCUT2D eigenvalue weighted by atomic mass is 10.00. The molecule has 1 aliphatic carbocycles. The van der Waals surface area contributed by atoms with Crippen LogP contribution in [0.4, 0.5) is 0 Å². The first-order valence-electron chi connectivity index (χ1n) is 9.12. The van der Waals surface area contributed by atoms with Crippen molar-refractivity contribution in [3.05, 3.63) is 41.6 Å². The SMILES string of the molecule is Cc1cc(-c2cccnc2SC2CCC2)cc(C)c1OCCCC(=O)O. The van der Waals surface area contributed by atoms with E-state index in [0.717, 1.165) is 27.5 Å². The molecule has 1 fully saturated rings. The molecular weight excluding hydrogens is 346 g/mol. The lowest BCUT2D eigenvalue weighted by Gasteiger charge is -2.25. The van der Waals surface area contributed by atoms with E-state index in [4.69, 9.17) is 9.84 Å². The summed E-state index contributed by atoms with van der Waals surface area (Å²) in [5.41, 5.74) is 4.47. The molecule has 0 saturated heterocycles.